The van der Waals surface area contributed by atoms with E-state index in [1.807, 2.05) is 60.7 Å². The zero-order valence-electron chi connectivity index (χ0n) is 14.4. The van der Waals surface area contributed by atoms with E-state index in [-0.39, 0.29) is 11.8 Å². The van der Waals surface area contributed by atoms with E-state index in [1.165, 1.54) is 12.8 Å². The molecule has 1 fully saturated rings. The smallest absolute Gasteiger partial charge is 0.238 e. The number of amides is 1. The van der Waals surface area contributed by atoms with Gasteiger partial charge in [-0.05, 0) is 36.2 Å². The molecule has 0 aromatic heterocycles. The molecule has 1 amide bonds. The Bertz CT molecular complexity index is 655. The Hall–Kier alpha value is -2.20. The Morgan fingerprint density at radius 3 is 1.80 bits per heavy atom. The van der Waals surface area contributed by atoms with Crippen molar-refractivity contribution >= 4 is 23.2 Å². The molecule has 0 aliphatic carbocycles. The summed E-state index contributed by atoms with van der Waals surface area (Å²) in [5, 5.41) is 3.55. The van der Waals surface area contributed by atoms with Crippen molar-refractivity contribution in [1.29, 1.82) is 0 Å². The zero-order chi connectivity index (χ0) is 17.5. The number of rotatable bonds is 3. The summed E-state index contributed by atoms with van der Waals surface area (Å²) < 4.78 is 0. The average Bonchev–Trinajstić information content (AvgIpc) is 2.93. The highest BCUT2D eigenvalue weighted by molar-refractivity contribution is 7.80. The maximum atomic E-state index is 13.1. The van der Waals surface area contributed by atoms with Gasteiger partial charge >= 0.3 is 0 Å². The fourth-order valence-electron chi connectivity index (χ4n) is 3.32. The van der Waals surface area contributed by atoms with Gasteiger partial charge in [0.25, 0.3) is 0 Å². The van der Waals surface area contributed by atoms with Crippen LogP contribution in [-0.2, 0) is 4.79 Å². The number of carbonyl (C=O) groups is 1. The minimum Gasteiger partial charge on any atom is -0.349 e. The number of hydrogen-bond donors (Lipinski definition) is 1. The third-order valence-corrected chi connectivity index (χ3v) is 5.01. The summed E-state index contributed by atoms with van der Waals surface area (Å²) in [7, 11) is 0. The van der Waals surface area contributed by atoms with Crippen LogP contribution in [0.4, 0.5) is 0 Å². The highest BCUT2D eigenvalue weighted by atomic mass is 32.1. The molecule has 25 heavy (non-hydrogen) atoms. The molecule has 1 saturated heterocycles. The Morgan fingerprint density at radius 2 is 1.32 bits per heavy atom. The normalized spacial score (nSPS) is 14.8. The van der Waals surface area contributed by atoms with E-state index in [9.17, 15) is 4.79 Å². The number of carbonyl (C=O) groups excluding carboxylic acids is 1. The predicted octanol–water partition coefficient (Wildman–Crippen LogP) is 4.10. The third kappa shape index (κ3) is 4.67. The highest BCUT2D eigenvalue weighted by Gasteiger charge is 2.24. The highest BCUT2D eigenvalue weighted by Crippen LogP contribution is 2.25. The Morgan fingerprint density at radius 1 is 0.840 bits per heavy atom. The second-order valence-corrected chi connectivity index (χ2v) is 6.84. The van der Waals surface area contributed by atoms with Crippen LogP contribution in [0.5, 0.6) is 0 Å². The lowest BCUT2D eigenvalue weighted by atomic mass is 9.90. The van der Waals surface area contributed by atoms with Crippen molar-refractivity contribution in [1.82, 2.24) is 10.2 Å². The van der Waals surface area contributed by atoms with Crippen LogP contribution in [0.1, 0.15) is 42.7 Å². The first kappa shape index (κ1) is 17.6. The molecule has 0 saturated carbocycles. The Kier molecular flexibility index (Phi) is 6.18. The summed E-state index contributed by atoms with van der Waals surface area (Å²) in [5.41, 5.74) is 1.95. The van der Waals surface area contributed by atoms with Gasteiger partial charge in [-0.1, -0.05) is 73.5 Å². The number of likely N-dealkylation sites (tertiary alicyclic amines) is 1. The van der Waals surface area contributed by atoms with Gasteiger partial charge in [-0.2, -0.15) is 0 Å². The monoisotopic (exact) mass is 352 g/mol. The van der Waals surface area contributed by atoms with Crippen molar-refractivity contribution in [3.63, 3.8) is 0 Å². The van der Waals surface area contributed by atoms with Gasteiger partial charge in [0.1, 0.15) is 0 Å². The van der Waals surface area contributed by atoms with Crippen LogP contribution in [0, 0.1) is 0 Å². The lowest BCUT2D eigenvalue weighted by Gasteiger charge is -2.25. The first-order valence-electron chi connectivity index (χ1n) is 8.95. The molecule has 130 valence electrons. The molecule has 3 rings (SSSR count). The summed E-state index contributed by atoms with van der Waals surface area (Å²) >= 11 is 5.52. The molecule has 2 aromatic rings. The van der Waals surface area contributed by atoms with E-state index in [0.717, 1.165) is 37.1 Å². The minimum absolute atomic E-state index is 0.0633. The second-order valence-electron chi connectivity index (χ2n) is 6.45. The van der Waals surface area contributed by atoms with Gasteiger partial charge in [0.15, 0.2) is 5.11 Å². The van der Waals surface area contributed by atoms with Crippen LogP contribution in [0.25, 0.3) is 0 Å². The molecule has 2 aromatic carbocycles. The van der Waals surface area contributed by atoms with Gasteiger partial charge in [-0.25, -0.2) is 0 Å². The number of thiocarbonyl (C=S) groups is 1. The van der Waals surface area contributed by atoms with E-state index >= 15 is 0 Å². The minimum atomic E-state index is -0.354. The van der Waals surface area contributed by atoms with E-state index in [1.54, 1.807) is 0 Å². The molecule has 4 heteroatoms. The maximum Gasteiger partial charge on any atom is 0.238 e. The van der Waals surface area contributed by atoms with Gasteiger partial charge < -0.3 is 10.2 Å². The van der Waals surface area contributed by atoms with Crippen molar-refractivity contribution in [3.8, 4) is 0 Å². The number of hydrogen-bond acceptors (Lipinski definition) is 2. The van der Waals surface area contributed by atoms with Gasteiger partial charge in [0, 0.05) is 13.1 Å². The number of benzene rings is 2. The summed E-state index contributed by atoms with van der Waals surface area (Å²) in [4.78, 5) is 15.2. The molecule has 1 aliphatic rings. The second kappa shape index (κ2) is 8.77. The maximum absolute atomic E-state index is 13.1. The van der Waals surface area contributed by atoms with Gasteiger partial charge in [0.2, 0.25) is 5.91 Å². The lowest BCUT2D eigenvalue weighted by Crippen LogP contribution is -2.44. The van der Waals surface area contributed by atoms with Crippen molar-refractivity contribution in [2.75, 3.05) is 13.1 Å². The van der Waals surface area contributed by atoms with E-state index < -0.39 is 0 Å². The van der Waals surface area contributed by atoms with Crippen LogP contribution in [0.2, 0.25) is 0 Å². The first-order valence-corrected chi connectivity index (χ1v) is 9.36. The molecular weight excluding hydrogens is 328 g/mol. The van der Waals surface area contributed by atoms with Crippen LogP contribution in [0.15, 0.2) is 60.7 Å². The van der Waals surface area contributed by atoms with Gasteiger partial charge in [-0.15, -0.1) is 0 Å². The number of nitrogens with zero attached hydrogens (tertiary/aromatic N) is 1. The molecular formula is C21H24N2OS. The van der Waals surface area contributed by atoms with Crippen molar-refractivity contribution in [2.45, 2.75) is 31.6 Å². The van der Waals surface area contributed by atoms with Crippen LogP contribution in [0.3, 0.4) is 0 Å². The van der Waals surface area contributed by atoms with E-state index in [0.29, 0.717) is 5.11 Å². The zero-order valence-corrected chi connectivity index (χ0v) is 15.2. The quantitative estimate of drug-likeness (QED) is 0.844. The lowest BCUT2D eigenvalue weighted by molar-refractivity contribution is -0.120. The van der Waals surface area contributed by atoms with E-state index in [4.69, 9.17) is 12.2 Å². The SMILES string of the molecule is O=C(NC(=S)N1CCCCCC1)C(c1ccccc1)c1ccccc1. The largest absolute Gasteiger partial charge is 0.349 e. The Balaban J connectivity index is 1.79. The predicted molar refractivity (Wildman–Crippen MR) is 106 cm³/mol. The molecule has 0 bridgehead atoms. The fourth-order valence-corrected chi connectivity index (χ4v) is 3.60. The fraction of sp³-hybridized carbons (Fsp3) is 0.333. The van der Waals surface area contributed by atoms with Crippen LogP contribution >= 0.6 is 12.2 Å². The molecule has 1 N–H and O–H groups in total. The first-order chi connectivity index (χ1) is 12.3. The standard InChI is InChI=1S/C21H24N2OS/c24-20(22-21(25)23-15-9-1-2-10-16-23)19(17-11-5-3-6-12-17)18-13-7-4-8-14-18/h3-8,11-14,19H,1-2,9-10,15-16H2,(H,22,24,25). The van der Waals surface area contributed by atoms with Gasteiger partial charge in [-0.3, -0.25) is 4.79 Å². The molecule has 1 aliphatic heterocycles. The van der Waals surface area contributed by atoms with Crippen molar-refractivity contribution in [3.05, 3.63) is 71.8 Å². The summed E-state index contributed by atoms with van der Waals surface area (Å²) in [6.07, 6.45) is 4.75. The molecule has 0 radical (unpaired) electrons. The topological polar surface area (TPSA) is 32.3 Å². The third-order valence-electron chi connectivity index (χ3n) is 4.65. The molecule has 3 nitrogen and oxygen atoms in total. The van der Waals surface area contributed by atoms with Crippen molar-refractivity contribution in [2.24, 2.45) is 0 Å². The summed E-state index contributed by atoms with van der Waals surface area (Å²) in [5.74, 6) is -0.418. The van der Waals surface area contributed by atoms with Crippen LogP contribution in [-0.4, -0.2) is 29.0 Å². The van der Waals surface area contributed by atoms with Crippen LogP contribution < -0.4 is 5.32 Å². The summed E-state index contributed by atoms with van der Waals surface area (Å²) in [6.45, 7) is 1.86. The molecule has 0 unspecified atom stereocenters. The van der Waals surface area contributed by atoms with Crippen molar-refractivity contribution < 1.29 is 4.79 Å². The summed E-state index contributed by atoms with van der Waals surface area (Å²) in [6, 6.07) is 19.8. The molecule has 0 spiro atoms. The molecule has 0 atom stereocenters. The van der Waals surface area contributed by atoms with E-state index in [2.05, 4.69) is 10.2 Å². The average molecular weight is 353 g/mol. The van der Waals surface area contributed by atoms with Gasteiger partial charge in [0.05, 0.1) is 5.92 Å². The molecule has 1 heterocycles. The number of nitrogens with one attached hydrogen (secondary N) is 1. The Labute approximate surface area is 155 Å².